The van der Waals surface area contributed by atoms with Crippen LogP contribution < -0.4 is 0 Å². The van der Waals surface area contributed by atoms with Gasteiger partial charge in [-0.2, -0.15) is 5.10 Å². The molecule has 1 unspecified atom stereocenters. The average molecular weight is 395 g/mol. The number of fused-ring (bicyclic) bond motifs is 2. The summed E-state index contributed by atoms with van der Waals surface area (Å²) >= 11 is 9.52. The Bertz CT molecular complexity index is 918. The highest BCUT2D eigenvalue weighted by atomic mass is 79.9. The SMILES string of the molecule is CC1c2ccc(Cl)n2CCN1C(=O)c1cc2ncc(Br)cn2n1. The van der Waals surface area contributed by atoms with Gasteiger partial charge in [-0.1, -0.05) is 11.6 Å². The van der Waals surface area contributed by atoms with E-state index < -0.39 is 0 Å². The molecule has 0 aliphatic carbocycles. The van der Waals surface area contributed by atoms with Crippen LogP contribution in [0.5, 0.6) is 0 Å². The zero-order chi connectivity index (χ0) is 16.1. The minimum absolute atomic E-state index is 0.0479. The van der Waals surface area contributed by atoms with Crippen LogP contribution in [-0.4, -0.2) is 36.5 Å². The van der Waals surface area contributed by atoms with Gasteiger partial charge in [0.05, 0.1) is 10.5 Å². The van der Waals surface area contributed by atoms with Crippen LogP contribution in [0.25, 0.3) is 5.65 Å². The van der Waals surface area contributed by atoms with Gasteiger partial charge in [0.25, 0.3) is 5.91 Å². The Labute approximate surface area is 145 Å². The first-order valence-corrected chi connectivity index (χ1v) is 8.38. The third kappa shape index (κ3) is 2.35. The van der Waals surface area contributed by atoms with Gasteiger partial charge >= 0.3 is 0 Å². The zero-order valence-corrected chi connectivity index (χ0v) is 14.6. The summed E-state index contributed by atoms with van der Waals surface area (Å²) in [6, 6.07) is 5.50. The molecular weight excluding hydrogens is 382 g/mol. The van der Waals surface area contributed by atoms with E-state index in [2.05, 4.69) is 26.0 Å². The number of hydrogen-bond acceptors (Lipinski definition) is 3. The van der Waals surface area contributed by atoms with Crippen molar-refractivity contribution in [2.45, 2.75) is 19.5 Å². The van der Waals surface area contributed by atoms with Crippen molar-refractivity contribution in [3.8, 4) is 0 Å². The molecule has 0 fully saturated rings. The lowest BCUT2D eigenvalue weighted by Crippen LogP contribution is -2.41. The van der Waals surface area contributed by atoms with E-state index in [4.69, 9.17) is 11.6 Å². The highest BCUT2D eigenvalue weighted by Crippen LogP contribution is 2.30. The van der Waals surface area contributed by atoms with Gasteiger partial charge in [0, 0.05) is 37.2 Å². The van der Waals surface area contributed by atoms with E-state index in [0.717, 1.165) is 10.2 Å². The fraction of sp³-hybridized carbons (Fsp3) is 0.267. The molecule has 1 atom stereocenters. The van der Waals surface area contributed by atoms with E-state index in [1.807, 2.05) is 28.5 Å². The molecule has 23 heavy (non-hydrogen) atoms. The summed E-state index contributed by atoms with van der Waals surface area (Å²) in [5.74, 6) is -0.0947. The number of halogens is 2. The minimum atomic E-state index is -0.0947. The van der Waals surface area contributed by atoms with Crippen molar-refractivity contribution in [3.05, 3.63) is 51.6 Å². The van der Waals surface area contributed by atoms with Gasteiger partial charge in [-0.15, -0.1) is 0 Å². The Morgan fingerprint density at radius 2 is 2.22 bits per heavy atom. The molecule has 1 aliphatic heterocycles. The minimum Gasteiger partial charge on any atom is -0.332 e. The largest absolute Gasteiger partial charge is 0.332 e. The van der Waals surface area contributed by atoms with Gasteiger partial charge in [0.1, 0.15) is 5.15 Å². The maximum atomic E-state index is 12.8. The number of nitrogens with zero attached hydrogens (tertiary/aromatic N) is 5. The lowest BCUT2D eigenvalue weighted by atomic mass is 10.1. The number of amides is 1. The van der Waals surface area contributed by atoms with Crippen molar-refractivity contribution in [2.75, 3.05) is 6.54 Å². The second-order valence-electron chi connectivity index (χ2n) is 5.51. The topological polar surface area (TPSA) is 55.4 Å². The Balaban J connectivity index is 1.68. The number of carbonyl (C=O) groups is 1. The third-order valence-electron chi connectivity index (χ3n) is 4.18. The molecule has 0 N–H and O–H groups in total. The van der Waals surface area contributed by atoms with Crippen LogP contribution in [0.15, 0.2) is 35.1 Å². The van der Waals surface area contributed by atoms with Crippen molar-refractivity contribution in [2.24, 2.45) is 0 Å². The predicted molar refractivity (Wildman–Crippen MR) is 89.6 cm³/mol. The fourth-order valence-electron chi connectivity index (χ4n) is 3.00. The molecule has 0 saturated heterocycles. The molecule has 4 rings (SSSR count). The third-order valence-corrected chi connectivity index (χ3v) is 4.92. The first kappa shape index (κ1) is 14.7. The molecule has 8 heteroatoms. The smallest absolute Gasteiger partial charge is 0.275 e. The molecule has 3 aromatic rings. The molecule has 118 valence electrons. The summed E-state index contributed by atoms with van der Waals surface area (Å²) < 4.78 is 4.45. The number of rotatable bonds is 1. The first-order valence-electron chi connectivity index (χ1n) is 7.21. The second kappa shape index (κ2) is 5.35. The summed E-state index contributed by atoms with van der Waals surface area (Å²) in [7, 11) is 0. The van der Waals surface area contributed by atoms with Gasteiger partial charge < -0.3 is 9.47 Å². The molecule has 1 amide bonds. The summed E-state index contributed by atoms with van der Waals surface area (Å²) in [6.45, 7) is 3.30. The lowest BCUT2D eigenvalue weighted by molar-refractivity contribution is 0.0637. The predicted octanol–water partition coefficient (Wildman–Crippen LogP) is 3.16. The molecule has 1 aliphatic rings. The van der Waals surface area contributed by atoms with Crippen molar-refractivity contribution < 1.29 is 4.79 Å². The highest BCUT2D eigenvalue weighted by molar-refractivity contribution is 9.10. The second-order valence-corrected chi connectivity index (χ2v) is 6.81. The first-order chi connectivity index (χ1) is 11.0. The Hall–Kier alpha value is -1.86. The van der Waals surface area contributed by atoms with E-state index in [9.17, 15) is 4.79 Å². The quantitative estimate of drug-likeness (QED) is 0.637. The monoisotopic (exact) mass is 393 g/mol. The van der Waals surface area contributed by atoms with Gasteiger partial charge in [-0.3, -0.25) is 4.79 Å². The Morgan fingerprint density at radius 1 is 1.39 bits per heavy atom. The van der Waals surface area contributed by atoms with Crippen LogP contribution in [0.1, 0.15) is 29.1 Å². The molecular formula is C15H13BrClN5O. The van der Waals surface area contributed by atoms with Crippen molar-refractivity contribution >= 4 is 39.1 Å². The van der Waals surface area contributed by atoms with Gasteiger partial charge in [0.15, 0.2) is 11.3 Å². The van der Waals surface area contributed by atoms with Crippen molar-refractivity contribution in [1.82, 2.24) is 24.1 Å². The average Bonchev–Trinajstić information content (AvgIpc) is 3.11. The van der Waals surface area contributed by atoms with E-state index in [1.165, 1.54) is 0 Å². The van der Waals surface area contributed by atoms with Crippen LogP contribution in [0.2, 0.25) is 5.15 Å². The van der Waals surface area contributed by atoms with E-state index in [-0.39, 0.29) is 11.9 Å². The number of hydrogen-bond donors (Lipinski definition) is 0. The number of carbonyl (C=O) groups excluding carboxylic acids is 1. The van der Waals surface area contributed by atoms with E-state index >= 15 is 0 Å². The van der Waals surface area contributed by atoms with Crippen molar-refractivity contribution in [3.63, 3.8) is 0 Å². The summed E-state index contributed by atoms with van der Waals surface area (Å²) in [5.41, 5.74) is 2.08. The van der Waals surface area contributed by atoms with Gasteiger partial charge in [0.2, 0.25) is 0 Å². The van der Waals surface area contributed by atoms with E-state index in [0.29, 0.717) is 29.6 Å². The standard InChI is InChI=1S/C15H13BrClN5O/c1-9-12-2-3-13(17)21(12)5-4-20(9)15(23)11-6-14-18-7-10(16)8-22(14)19-11/h2-3,6-9H,4-5H2,1H3. The zero-order valence-electron chi connectivity index (χ0n) is 12.3. The van der Waals surface area contributed by atoms with Crippen LogP contribution in [0, 0.1) is 0 Å². The molecule has 0 aromatic carbocycles. The molecule has 6 nitrogen and oxygen atoms in total. The van der Waals surface area contributed by atoms with Crippen molar-refractivity contribution in [1.29, 1.82) is 0 Å². The normalized spacial score (nSPS) is 17.5. The summed E-state index contributed by atoms with van der Waals surface area (Å²) in [5, 5.41) is 5.05. The molecule has 0 radical (unpaired) electrons. The van der Waals surface area contributed by atoms with Crippen LogP contribution >= 0.6 is 27.5 Å². The summed E-state index contributed by atoms with van der Waals surface area (Å²) in [6.07, 6.45) is 3.47. The molecule has 0 bridgehead atoms. The van der Waals surface area contributed by atoms with Crippen LogP contribution in [0.4, 0.5) is 0 Å². The summed E-state index contributed by atoms with van der Waals surface area (Å²) in [4.78, 5) is 18.9. The highest BCUT2D eigenvalue weighted by Gasteiger charge is 2.30. The number of aromatic nitrogens is 4. The van der Waals surface area contributed by atoms with Crippen LogP contribution in [-0.2, 0) is 6.54 Å². The van der Waals surface area contributed by atoms with Gasteiger partial charge in [-0.05, 0) is 35.0 Å². The Kier molecular flexibility index (Phi) is 3.42. The Morgan fingerprint density at radius 3 is 3.04 bits per heavy atom. The molecule has 4 heterocycles. The maximum absolute atomic E-state index is 12.8. The molecule has 0 saturated carbocycles. The van der Waals surface area contributed by atoms with E-state index in [1.54, 1.807) is 23.0 Å². The maximum Gasteiger partial charge on any atom is 0.275 e. The van der Waals surface area contributed by atoms with Crippen LogP contribution in [0.3, 0.4) is 0 Å². The fourth-order valence-corrected chi connectivity index (χ4v) is 3.54. The lowest BCUT2D eigenvalue weighted by Gasteiger charge is -2.34. The molecule has 3 aromatic heterocycles. The molecule has 0 spiro atoms. The van der Waals surface area contributed by atoms with Gasteiger partial charge in [-0.25, -0.2) is 9.50 Å².